The van der Waals surface area contributed by atoms with Gasteiger partial charge in [0.25, 0.3) is 0 Å². The minimum atomic E-state index is -3.09. The van der Waals surface area contributed by atoms with Crippen molar-refractivity contribution in [2.75, 3.05) is 6.66 Å². The first-order valence-electron chi connectivity index (χ1n) is 3.80. The molecule has 1 aromatic rings. The summed E-state index contributed by atoms with van der Waals surface area (Å²) >= 11 is 0. The molecule has 0 saturated carbocycles. The van der Waals surface area contributed by atoms with E-state index >= 15 is 0 Å². The molecule has 0 radical (unpaired) electrons. The molecule has 0 aliphatic carbocycles. The molecule has 1 rings (SSSR count). The van der Waals surface area contributed by atoms with Crippen molar-refractivity contribution in [3.63, 3.8) is 0 Å². The molecule has 12 heavy (non-hydrogen) atoms. The van der Waals surface area contributed by atoms with Crippen molar-refractivity contribution in [2.24, 2.45) is 0 Å². The van der Waals surface area contributed by atoms with Gasteiger partial charge in [-0.25, -0.2) is 0 Å². The van der Waals surface area contributed by atoms with E-state index in [9.17, 15) is 9.46 Å². The molecule has 1 aromatic carbocycles. The van der Waals surface area contributed by atoms with E-state index in [1.165, 1.54) is 6.66 Å². The van der Waals surface area contributed by atoms with Crippen LogP contribution < -0.4 is 5.30 Å². The van der Waals surface area contributed by atoms with Crippen molar-refractivity contribution < 1.29 is 9.46 Å². The van der Waals surface area contributed by atoms with E-state index in [0.717, 1.165) is 11.1 Å². The van der Waals surface area contributed by atoms with Crippen LogP contribution in [0.1, 0.15) is 11.1 Å². The molecule has 1 N–H and O–H groups in total. The highest BCUT2D eigenvalue weighted by atomic mass is 31.2. The summed E-state index contributed by atoms with van der Waals surface area (Å²) in [7, 11) is -3.09. The van der Waals surface area contributed by atoms with Gasteiger partial charge >= 0.3 is 0 Å². The molecule has 0 bridgehead atoms. The Labute approximate surface area is 72.7 Å². The lowest BCUT2D eigenvalue weighted by Gasteiger charge is -2.11. The lowest BCUT2D eigenvalue weighted by molar-refractivity contribution is 0.496. The van der Waals surface area contributed by atoms with E-state index in [0.29, 0.717) is 5.30 Å². The maximum Gasteiger partial charge on any atom is 0.227 e. The van der Waals surface area contributed by atoms with Crippen LogP contribution in [-0.4, -0.2) is 11.6 Å². The summed E-state index contributed by atoms with van der Waals surface area (Å²) in [6.45, 7) is 5.09. The van der Waals surface area contributed by atoms with Crippen molar-refractivity contribution in [1.29, 1.82) is 0 Å². The molecule has 3 heteroatoms. The van der Waals surface area contributed by atoms with Crippen molar-refractivity contribution in [1.82, 2.24) is 0 Å². The predicted molar refractivity (Wildman–Crippen MR) is 51.3 cm³/mol. The monoisotopic (exact) mass is 184 g/mol. The Morgan fingerprint density at radius 2 is 1.67 bits per heavy atom. The van der Waals surface area contributed by atoms with Crippen LogP contribution in [0.4, 0.5) is 0 Å². The highest BCUT2D eigenvalue weighted by Crippen LogP contribution is 2.36. The number of rotatable bonds is 1. The van der Waals surface area contributed by atoms with Gasteiger partial charge in [0, 0.05) is 12.0 Å². The molecule has 0 heterocycles. The molecule has 2 nitrogen and oxygen atoms in total. The molecule has 1 atom stereocenters. The Kier molecular flexibility index (Phi) is 2.41. The van der Waals surface area contributed by atoms with E-state index < -0.39 is 7.37 Å². The minimum Gasteiger partial charge on any atom is -0.341 e. The zero-order chi connectivity index (χ0) is 9.35. The predicted octanol–water partition coefficient (Wildman–Crippen LogP) is 1.83. The fraction of sp³-hybridized carbons (Fsp3) is 0.333. The Balaban J connectivity index is 3.42. The molecule has 0 saturated heterocycles. The minimum absolute atomic E-state index is 0.602. The third-order valence-electron chi connectivity index (χ3n) is 1.85. The second kappa shape index (κ2) is 3.04. The quantitative estimate of drug-likeness (QED) is 0.676. The van der Waals surface area contributed by atoms with E-state index in [1.54, 1.807) is 0 Å². The van der Waals surface area contributed by atoms with Crippen molar-refractivity contribution in [2.45, 2.75) is 13.8 Å². The third kappa shape index (κ3) is 1.77. The highest BCUT2D eigenvalue weighted by molar-refractivity contribution is 7.65. The molecule has 0 aromatic heterocycles. The zero-order valence-corrected chi connectivity index (χ0v) is 8.43. The van der Waals surface area contributed by atoms with Crippen LogP contribution >= 0.6 is 7.37 Å². The molecule has 0 spiro atoms. The molecule has 66 valence electrons. The van der Waals surface area contributed by atoms with Gasteiger partial charge in [0.2, 0.25) is 7.37 Å². The number of hydrogen-bond donors (Lipinski definition) is 1. The van der Waals surface area contributed by atoms with E-state index in [2.05, 4.69) is 0 Å². The van der Waals surface area contributed by atoms with Gasteiger partial charge < -0.3 is 4.89 Å². The summed E-state index contributed by atoms with van der Waals surface area (Å²) in [5.41, 5.74) is 1.78. The van der Waals surface area contributed by atoms with Gasteiger partial charge in [0.05, 0.1) is 0 Å². The lowest BCUT2D eigenvalue weighted by atomic mass is 10.2. The first kappa shape index (κ1) is 9.50. The molecule has 0 aliphatic rings. The first-order valence-corrected chi connectivity index (χ1v) is 5.90. The van der Waals surface area contributed by atoms with Gasteiger partial charge in [0.15, 0.2) is 0 Å². The topological polar surface area (TPSA) is 37.3 Å². The van der Waals surface area contributed by atoms with Crippen LogP contribution in [0.3, 0.4) is 0 Å². The fourth-order valence-electron chi connectivity index (χ4n) is 1.46. The van der Waals surface area contributed by atoms with Crippen LogP contribution in [0, 0.1) is 13.8 Å². The van der Waals surface area contributed by atoms with Crippen LogP contribution in [0.25, 0.3) is 0 Å². The second-order valence-electron chi connectivity index (χ2n) is 3.12. The van der Waals surface area contributed by atoms with Gasteiger partial charge in [-0.1, -0.05) is 18.2 Å². The van der Waals surface area contributed by atoms with Crippen LogP contribution in [0.2, 0.25) is 0 Å². The average molecular weight is 184 g/mol. The molecular formula is C9H13O2P. The van der Waals surface area contributed by atoms with E-state index in [1.807, 2.05) is 32.0 Å². The molecule has 0 amide bonds. The van der Waals surface area contributed by atoms with Crippen LogP contribution in [-0.2, 0) is 4.57 Å². The Bertz CT molecular complexity index is 318. The average Bonchev–Trinajstić information content (AvgIpc) is 1.82. The van der Waals surface area contributed by atoms with Gasteiger partial charge in [0.1, 0.15) is 0 Å². The van der Waals surface area contributed by atoms with E-state index in [-0.39, 0.29) is 0 Å². The van der Waals surface area contributed by atoms with Gasteiger partial charge in [-0.05, 0) is 25.0 Å². The Hall–Kier alpha value is -0.590. The second-order valence-corrected chi connectivity index (χ2v) is 5.32. The zero-order valence-electron chi connectivity index (χ0n) is 7.53. The SMILES string of the molecule is Cc1cccc(C)c1P(C)(=O)O. The number of benzene rings is 1. The summed E-state index contributed by atoms with van der Waals surface area (Å²) in [6.07, 6.45) is 0. The Morgan fingerprint density at radius 1 is 1.25 bits per heavy atom. The normalized spacial score (nSPS) is 15.7. The molecule has 1 unspecified atom stereocenters. The lowest BCUT2D eigenvalue weighted by Crippen LogP contribution is -2.11. The molecule has 0 fully saturated rings. The van der Waals surface area contributed by atoms with Gasteiger partial charge in [-0.2, -0.15) is 0 Å². The molecular weight excluding hydrogens is 171 g/mol. The van der Waals surface area contributed by atoms with Crippen molar-refractivity contribution >= 4 is 12.7 Å². The van der Waals surface area contributed by atoms with Crippen molar-refractivity contribution in [3.05, 3.63) is 29.3 Å². The number of aryl methyl sites for hydroxylation is 2. The summed E-state index contributed by atoms with van der Waals surface area (Å²) in [6, 6.07) is 5.60. The molecule has 0 aliphatic heterocycles. The van der Waals surface area contributed by atoms with Crippen molar-refractivity contribution in [3.8, 4) is 0 Å². The van der Waals surface area contributed by atoms with Gasteiger partial charge in [-0.15, -0.1) is 0 Å². The summed E-state index contributed by atoms with van der Waals surface area (Å²) in [5, 5.41) is 0.602. The summed E-state index contributed by atoms with van der Waals surface area (Å²) < 4.78 is 11.4. The van der Waals surface area contributed by atoms with E-state index in [4.69, 9.17) is 0 Å². The first-order chi connectivity index (χ1) is 5.43. The Morgan fingerprint density at radius 3 is 1.92 bits per heavy atom. The van der Waals surface area contributed by atoms with Gasteiger partial charge in [-0.3, -0.25) is 4.57 Å². The highest BCUT2D eigenvalue weighted by Gasteiger charge is 2.18. The smallest absolute Gasteiger partial charge is 0.227 e. The summed E-state index contributed by atoms with van der Waals surface area (Å²) in [5.74, 6) is 0. The standard InChI is InChI=1S/C9H13O2P/c1-7-5-4-6-8(2)9(7)12(3,10)11/h4-6H,1-3H3,(H,10,11). The third-order valence-corrected chi connectivity index (χ3v) is 3.39. The number of hydrogen-bond acceptors (Lipinski definition) is 1. The maximum absolute atomic E-state index is 11.4. The van der Waals surface area contributed by atoms with Crippen LogP contribution in [0.15, 0.2) is 18.2 Å². The maximum atomic E-state index is 11.4. The fourth-order valence-corrected chi connectivity index (χ4v) is 2.92. The van der Waals surface area contributed by atoms with Crippen LogP contribution in [0.5, 0.6) is 0 Å². The largest absolute Gasteiger partial charge is 0.341 e. The summed E-state index contributed by atoms with van der Waals surface area (Å²) in [4.78, 5) is 9.41.